The van der Waals surface area contributed by atoms with Crippen LogP contribution in [0.3, 0.4) is 0 Å². The van der Waals surface area contributed by atoms with E-state index in [1.165, 1.54) is 11.1 Å². The molecule has 0 spiro atoms. The summed E-state index contributed by atoms with van der Waals surface area (Å²) in [6.07, 6.45) is 0.709. The zero-order valence-corrected chi connectivity index (χ0v) is 9.91. The van der Waals surface area contributed by atoms with Crippen molar-refractivity contribution >= 4 is 5.71 Å². The molecular formula is C13H19NO. The molecule has 1 N–H and O–H groups in total. The summed E-state index contributed by atoms with van der Waals surface area (Å²) in [7, 11) is 0. The largest absolute Gasteiger partial charge is 0.411 e. The Morgan fingerprint density at radius 2 is 2.00 bits per heavy atom. The van der Waals surface area contributed by atoms with Gasteiger partial charge in [-0.15, -0.1) is 0 Å². The van der Waals surface area contributed by atoms with Crippen molar-refractivity contribution in [3.8, 4) is 0 Å². The molecule has 0 saturated carbocycles. The standard InChI is InChI=1S/C13H19NO/c1-10(14-15)8-11-6-5-7-12(9-11)13(2,3)4/h5-7,9,15H,8H2,1-4H3. The molecule has 0 saturated heterocycles. The van der Waals surface area contributed by atoms with Crippen LogP contribution in [0.5, 0.6) is 0 Å². The van der Waals surface area contributed by atoms with E-state index >= 15 is 0 Å². The van der Waals surface area contributed by atoms with Crippen LogP contribution in [-0.2, 0) is 11.8 Å². The average Bonchev–Trinajstić information content (AvgIpc) is 2.17. The van der Waals surface area contributed by atoms with Crippen molar-refractivity contribution < 1.29 is 5.21 Å². The Hall–Kier alpha value is -1.31. The highest BCUT2D eigenvalue weighted by Crippen LogP contribution is 2.22. The molecule has 0 unspecified atom stereocenters. The first-order valence-electron chi connectivity index (χ1n) is 5.20. The van der Waals surface area contributed by atoms with Gasteiger partial charge in [0, 0.05) is 6.42 Å². The van der Waals surface area contributed by atoms with Gasteiger partial charge in [0.25, 0.3) is 0 Å². The zero-order chi connectivity index (χ0) is 11.5. The van der Waals surface area contributed by atoms with E-state index in [0.717, 1.165) is 5.71 Å². The lowest BCUT2D eigenvalue weighted by Gasteiger charge is -2.19. The normalized spacial score (nSPS) is 12.9. The van der Waals surface area contributed by atoms with Gasteiger partial charge in [-0.2, -0.15) is 0 Å². The second kappa shape index (κ2) is 4.47. The van der Waals surface area contributed by atoms with E-state index in [4.69, 9.17) is 5.21 Å². The third-order valence-electron chi connectivity index (χ3n) is 2.42. The van der Waals surface area contributed by atoms with Gasteiger partial charge in [0.2, 0.25) is 0 Å². The van der Waals surface area contributed by atoms with Crippen LogP contribution in [0.4, 0.5) is 0 Å². The molecule has 0 aromatic heterocycles. The van der Waals surface area contributed by atoms with Crippen LogP contribution >= 0.6 is 0 Å². The third-order valence-corrected chi connectivity index (χ3v) is 2.42. The number of benzene rings is 1. The molecule has 0 radical (unpaired) electrons. The van der Waals surface area contributed by atoms with Crippen molar-refractivity contribution in [2.24, 2.45) is 5.16 Å². The smallest absolute Gasteiger partial charge is 0.0583 e. The minimum atomic E-state index is 0.167. The first-order chi connectivity index (χ1) is 6.93. The van der Waals surface area contributed by atoms with Gasteiger partial charge in [0.15, 0.2) is 0 Å². The van der Waals surface area contributed by atoms with Crippen molar-refractivity contribution in [3.63, 3.8) is 0 Å². The Bertz CT molecular complexity index is 361. The number of nitrogens with zero attached hydrogens (tertiary/aromatic N) is 1. The van der Waals surface area contributed by atoms with Gasteiger partial charge in [0.05, 0.1) is 5.71 Å². The van der Waals surface area contributed by atoms with Gasteiger partial charge in [0.1, 0.15) is 0 Å². The molecule has 0 aliphatic rings. The van der Waals surface area contributed by atoms with E-state index < -0.39 is 0 Å². The van der Waals surface area contributed by atoms with Crippen LogP contribution in [0.1, 0.15) is 38.8 Å². The lowest BCUT2D eigenvalue weighted by atomic mass is 9.86. The number of rotatable bonds is 2. The van der Waals surface area contributed by atoms with Gasteiger partial charge in [-0.1, -0.05) is 50.2 Å². The Balaban J connectivity index is 2.93. The number of oxime groups is 1. The summed E-state index contributed by atoms with van der Waals surface area (Å²) in [5.41, 5.74) is 3.41. The van der Waals surface area contributed by atoms with Gasteiger partial charge >= 0.3 is 0 Å². The first-order valence-corrected chi connectivity index (χ1v) is 5.20. The summed E-state index contributed by atoms with van der Waals surface area (Å²) in [6.45, 7) is 8.40. The summed E-state index contributed by atoms with van der Waals surface area (Å²) in [4.78, 5) is 0. The molecular weight excluding hydrogens is 186 g/mol. The highest BCUT2D eigenvalue weighted by molar-refractivity contribution is 5.83. The Morgan fingerprint density at radius 3 is 2.53 bits per heavy atom. The predicted molar refractivity (Wildman–Crippen MR) is 63.7 cm³/mol. The molecule has 0 fully saturated rings. The third kappa shape index (κ3) is 3.39. The summed E-state index contributed by atoms with van der Waals surface area (Å²) in [5, 5.41) is 11.8. The Labute approximate surface area is 91.6 Å². The highest BCUT2D eigenvalue weighted by atomic mass is 16.4. The molecule has 0 bridgehead atoms. The van der Waals surface area contributed by atoms with Crippen LogP contribution in [0, 0.1) is 0 Å². The molecule has 1 aromatic rings. The zero-order valence-electron chi connectivity index (χ0n) is 9.91. The highest BCUT2D eigenvalue weighted by Gasteiger charge is 2.13. The molecule has 2 nitrogen and oxygen atoms in total. The van der Waals surface area contributed by atoms with Crippen molar-refractivity contribution in [3.05, 3.63) is 35.4 Å². The van der Waals surface area contributed by atoms with Crippen LogP contribution in [0.2, 0.25) is 0 Å². The van der Waals surface area contributed by atoms with Crippen LogP contribution < -0.4 is 0 Å². The molecule has 1 rings (SSSR count). The van der Waals surface area contributed by atoms with Crippen molar-refractivity contribution in [1.29, 1.82) is 0 Å². The van der Waals surface area contributed by atoms with E-state index in [1.54, 1.807) is 0 Å². The van der Waals surface area contributed by atoms with Crippen LogP contribution in [0.15, 0.2) is 29.4 Å². The van der Waals surface area contributed by atoms with E-state index in [2.05, 4.69) is 50.2 Å². The first kappa shape index (κ1) is 11.8. The Morgan fingerprint density at radius 1 is 1.33 bits per heavy atom. The minimum absolute atomic E-state index is 0.167. The molecule has 82 valence electrons. The monoisotopic (exact) mass is 205 g/mol. The van der Waals surface area contributed by atoms with E-state index in [0.29, 0.717) is 6.42 Å². The molecule has 0 atom stereocenters. The lowest BCUT2D eigenvalue weighted by Crippen LogP contribution is -2.11. The summed E-state index contributed by atoms with van der Waals surface area (Å²) < 4.78 is 0. The van der Waals surface area contributed by atoms with Crippen LogP contribution in [-0.4, -0.2) is 10.9 Å². The fourth-order valence-electron chi connectivity index (χ4n) is 1.48. The van der Waals surface area contributed by atoms with Crippen molar-refractivity contribution in [1.82, 2.24) is 0 Å². The van der Waals surface area contributed by atoms with Gasteiger partial charge in [-0.3, -0.25) is 0 Å². The second-order valence-electron chi connectivity index (χ2n) is 4.96. The fraction of sp³-hybridized carbons (Fsp3) is 0.462. The molecule has 15 heavy (non-hydrogen) atoms. The lowest BCUT2D eigenvalue weighted by molar-refractivity contribution is 0.317. The summed E-state index contributed by atoms with van der Waals surface area (Å²) in [5.74, 6) is 0. The maximum atomic E-state index is 8.61. The van der Waals surface area contributed by atoms with Crippen LogP contribution in [0.25, 0.3) is 0 Å². The average molecular weight is 205 g/mol. The molecule has 0 amide bonds. The summed E-state index contributed by atoms with van der Waals surface area (Å²) >= 11 is 0. The summed E-state index contributed by atoms with van der Waals surface area (Å²) in [6, 6.07) is 8.42. The predicted octanol–water partition coefficient (Wildman–Crippen LogP) is 3.38. The molecule has 0 heterocycles. The van der Waals surface area contributed by atoms with Crippen molar-refractivity contribution in [2.75, 3.05) is 0 Å². The molecule has 0 aliphatic heterocycles. The van der Waals surface area contributed by atoms with Gasteiger partial charge < -0.3 is 5.21 Å². The van der Waals surface area contributed by atoms with Gasteiger partial charge in [-0.25, -0.2) is 0 Å². The van der Waals surface area contributed by atoms with Crippen molar-refractivity contribution in [2.45, 2.75) is 39.5 Å². The fourth-order valence-corrected chi connectivity index (χ4v) is 1.48. The molecule has 2 heteroatoms. The minimum Gasteiger partial charge on any atom is -0.411 e. The Kier molecular flexibility index (Phi) is 3.51. The quantitative estimate of drug-likeness (QED) is 0.448. The van der Waals surface area contributed by atoms with E-state index in [9.17, 15) is 0 Å². The number of hydrogen-bond donors (Lipinski definition) is 1. The topological polar surface area (TPSA) is 32.6 Å². The van der Waals surface area contributed by atoms with E-state index in [-0.39, 0.29) is 5.41 Å². The maximum absolute atomic E-state index is 8.61. The second-order valence-corrected chi connectivity index (χ2v) is 4.96. The molecule has 1 aromatic carbocycles. The number of hydrogen-bond acceptors (Lipinski definition) is 2. The molecule has 0 aliphatic carbocycles. The maximum Gasteiger partial charge on any atom is 0.0583 e. The van der Waals surface area contributed by atoms with Gasteiger partial charge in [-0.05, 0) is 23.5 Å². The van der Waals surface area contributed by atoms with E-state index in [1.807, 2.05) is 6.92 Å². The SMILES string of the molecule is CC(Cc1cccc(C(C)(C)C)c1)=NO.